The lowest BCUT2D eigenvalue weighted by Crippen LogP contribution is -2.56. The molecule has 1 amide bonds. The molecule has 0 aliphatic carbocycles. The fourth-order valence-corrected chi connectivity index (χ4v) is 3.07. The van der Waals surface area contributed by atoms with Crippen molar-refractivity contribution in [1.82, 2.24) is 14.8 Å². The SMILES string of the molecule is CCc1nc(CN2CCN(C(=O)C(C)(C)N)CC2)cs1. The zero-order chi connectivity index (χ0) is 14.8. The van der Waals surface area contributed by atoms with Gasteiger partial charge in [0.2, 0.25) is 5.91 Å². The maximum Gasteiger partial charge on any atom is 0.242 e. The highest BCUT2D eigenvalue weighted by Gasteiger charge is 2.30. The molecule has 1 aromatic rings. The molecule has 112 valence electrons. The van der Waals surface area contributed by atoms with Crippen LogP contribution in [0.5, 0.6) is 0 Å². The predicted octanol–water partition coefficient (Wildman–Crippen LogP) is 1.09. The first-order valence-corrected chi connectivity index (χ1v) is 8.02. The second-order valence-corrected chi connectivity index (χ2v) is 6.82. The first-order chi connectivity index (χ1) is 9.40. The molecule has 1 aromatic heterocycles. The minimum absolute atomic E-state index is 0.0408. The summed E-state index contributed by atoms with van der Waals surface area (Å²) in [4.78, 5) is 20.9. The van der Waals surface area contributed by atoms with Crippen molar-refractivity contribution >= 4 is 17.2 Å². The fraction of sp³-hybridized carbons (Fsp3) is 0.714. The largest absolute Gasteiger partial charge is 0.339 e. The van der Waals surface area contributed by atoms with Gasteiger partial charge in [-0.15, -0.1) is 11.3 Å². The number of nitrogens with zero attached hydrogens (tertiary/aromatic N) is 3. The molecular formula is C14H24N4OS. The topological polar surface area (TPSA) is 62.5 Å². The van der Waals surface area contributed by atoms with E-state index in [0.29, 0.717) is 0 Å². The van der Waals surface area contributed by atoms with Crippen LogP contribution in [-0.4, -0.2) is 52.4 Å². The number of hydrogen-bond acceptors (Lipinski definition) is 5. The van der Waals surface area contributed by atoms with E-state index in [-0.39, 0.29) is 5.91 Å². The quantitative estimate of drug-likeness (QED) is 0.903. The van der Waals surface area contributed by atoms with Gasteiger partial charge >= 0.3 is 0 Å². The molecule has 1 aliphatic heterocycles. The van der Waals surface area contributed by atoms with Gasteiger partial charge in [-0.05, 0) is 20.3 Å². The number of amides is 1. The number of carbonyl (C=O) groups excluding carboxylic acids is 1. The van der Waals surface area contributed by atoms with Crippen LogP contribution in [0.25, 0.3) is 0 Å². The Balaban J connectivity index is 1.84. The summed E-state index contributed by atoms with van der Waals surface area (Å²) in [6, 6.07) is 0. The van der Waals surface area contributed by atoms with E-state index in [1.54, 1.807) is 25.2 Å². The molecule has 6 heteroatoms. The van der Waals surface area contributed by atoms with Crippen LogP contribution in [0.4, 0.5) is 0 Å². The standard InChI is InChI=1S/C14H24N4OS/c1-4-12-16-11(10-20-12)9-17-5-7-18(8-6-17)13(19)14(2,3)15/h10H,4-9,15H2,1-3H3. The number of rotatable bonds is 4. The summed E-state index contributed by atoms with van der Waals surface area (Å²) >= 11 is 1.73. The second-order valence-electron chi connectivity index (χ2n) is 5.88. The third-order valence-electron chi connectivity index (χ3n) is 3.50. The minimum atomic E-state index is -0.771. The second kappa shape index (κ2) is 6.20. The van der Waals surface area contributed by atoms with Crippen molar-refractivity contribution in [2.24, 2.45) is 5.73 Å². The molecule has 2 N–H and O–H groups in total. The number of aryl methyl sites for hydroxylation is 1. The number of nitrogens with two attached hydrogens (primary N) is 1. The molecular weight excluding hydrogens is 272 g/mol. The van der Waals surface area contributed by atoms with Crippen LogP contribution in [0.15, 0.2) is 5.38 Å². The zero-order valence-corrected chi connectivity index (χ0v) is 13.4. The van der Waals surface area contributed by atoms with Crippen LogP contribution in [0.1, 0.15) is 31.5 Å². The van der Waals surface area contributed by atoms with Crippen LogP contribution < -0.4 is 5.73 Å². The highest BCUT2D eigenvalue weighted by molar-refractivity contribution is 7.09. The van der Waals surface area contributed by atoms with Crippen LogP contribution in [0.3, 0.4) is 0 Å². The Hall–Kier alpha value is -0.980. The summed E-state index contributed by atoms with van der Waals surface area (Å²) in [7, 11) is 0. The van der Waals surface area contributed by atoms with Crippen molar-refractivity contribution < 1.29 is 4.79 Å². The summed E-state index contributed by atoms with van der Waals surface area (Å²) in [5, 5.41) is 3.33. The normalized spacial score (nSPS) is 17.5. The van der Waals surface area contributed by atoms with Crippen molar-refractivity contribution in [2.75, 3.05) is 26.2 Å². The van der Waals surface area contributed by atoms with Gasteiger partial charge in [-0.25, -0.2) is 4.98 Å². The maximum atomic E-state index is 12.1. The molecule has 0 bridgehead atoms. The van der Waals surface area contributed by atoms with Gasteiger partial charge in [0.05, 0.1) is 16.2 Å². The molecule has 0 radical (unpaired) electrons. The molecule has 0 spiro atoms. The first-order valence-electron chi connectivity index (χ1n) is 7.14. The molecule has 20 heavy (non-hydrogen) atoms. The van der Waals surface area contributed by atoms with E-state index in [2.05, 4.69) is 22.2 Å². The van der Waals surface area contributed by atoms with Crippen LogP contribution in [0.2, 0.25) is 0 Å². The van der Waals surface area contributed by atoms with E-state index in [0.717, 1.165) is 44.8 Å². The molecule has 0 atom stereocenters. The predicted molar refractivity (Wildman–Crippen MR) is 81.6 cm³/mol. The van der Waals surface area contributed by atoms with Crippen molar-refractivity contribution in [3.8, 4) is 0 Å². The Labute approximate surface area is 124 Å². The number of aromatic nitrogens is 1. The Bertz CT molecular complexity index is 458. The van der Waals surface area contributed by atoms with E-state index < -0.39 is 5.54 Å². The minimum Gasteiger partial charge on any atom is -0.339 e. The maximum absolute atomic E-state index is 12.1. The molecule has 0 saturated carbocycles. The van der Waals surface area contributed by atoms with Crippen molar-refractivity contribution in [2.45, 2.75) is 39.3 Å². The molecule has 0 unspecified atom stereocenters. The van der Waals surface area contributed by atoms with E-state index >= 15 is 0 Å². The lowest BCUT2D eigenvalue weighted by atomic mass is 10.0. The monoisotopic (exact) mass is 296 g/mol. The van der Waals surface area contributed by atoms with Crippen LogP contribution >= 0.6 is 11.3 Å². The van der Waals surface area contributed by atoms with Gasteiger partial charge in [0.25, 0.3) is 0 Å². The Morgan fingerprint density at radius 2 is 2.05 bits per heavy atom. The van der Waals surface area contributed by atoms with Gasteiger partial charge in [-0.1, -0.05) is 6.92 Å². The summed E-state index contributed by atoms with van der Waals surface area (Å²) in [6.07, 6.45) is 0.999. The third kappa shape index (κ3) is 3.77. The van der Waals surface area contributed by atoms with Gasteiger partial charge in [-0.2, -0.15) is 0 Å². The van der Waals surface area contributed by atoms with E-state index in [1.165, 1.54) is 5.01 Å². The van der Waals surface area contributed by atoms with E-state index in [1.807, 2.05) is 4.90 Å². The smallest absolute Gasteiger partial charge is 0.242 e. The van der Waals surface area contributed by atoms with Gasteiger partial charge in [0.15, 0.2) is 0 Å². The third-order valence-corrected chi connectivity index (χ3v) is 4.54. The summed E-state index contributed by atoms with van der Waals surface area (Å²) in [6.45, 7) is 9.83. The van der Waals surface area contributed by atoms with Gasteiger partial charge < -0.3 is 10.6 Å². The molecule has 2 rings (SSSR count). The molecule has 2 heterocycles. The summed E-state index contributed by atoms with van der Waals surface area (Å²) < 4.78 is 0. The number of carbonyl (C=O) groups is 1. The Morgan fingerprint density at radius 3 is 2.55 bits per heavy atom. The highest BCUT2D eigenvalue weighted by Crippen LogP contribution is 2.14. The molecule has 1 saturated heterocycles. The first kappa shape index (κ1) is 15.4. The molecule has 5 nitrogen and oxygen atoms in total. The fourth-order valence-electron chi connectivity index (χ4n) is 2.33. The van der Waals surface area contributed by atoms with Gasteiger partial charge in [0, 0.05) is 38.1 Å². The Morgan fingerprint density at radius 1 is 1.40 bits per heavy atom. The van der Waals surface area contributed by atoms with E-state index in [4.69, 9.17) is 5.73 Å². The summed E-state index contributed by atoms with van der Waals surface area (Å²) in [5.41, 5.74) is 6.25. The number of hydrogen-bond donors (Lipinski definition) is 1. The zero-order valence-electron chi connectivity index (χ0n) is 12.6. The average molecular weight is 296 g/mol. The number of piperazine rings is 1. The van der Waals surface area contributed by atoms with Crippen LogP contribution in [-0.2, 0) is 17.8 Å². The summed E-state index contributed by atoms with van der Waals surface area (Å²) in [5.74, 6) is 0.0408. The Kier molecular flexibility index (Phi) is 4.78. The van der Waals surface area contributed by atoms with Crippen molar-refractivity contribution in [3.63, 3.8) is 0 Å². The van der Waals surface area contributed by atoms with Crippen molar-refractivity contribution in [1.29, 1.82) is 0 Å². The van der Waals surface area contributed by atoms with E-state index in [9.17, 15) is 4.79 Å². The van der Waals surface area contributed by atoms with Gasteiger partial charge in [0.1, 0.15) is 0 Å². The van der Waals surface area contributed by atoms with Gasteiger partial charge in [-0.3, -0.25) is 9.69 Å². The average Bonchev–Trinajstić information content (AvgIpc) is 2.85. The molecule has 1 aliphatic rings. The molecule has 0 aromatic carbocycles. The van der Waals surface area contributed by atoms with Crippen molar-refractivity contribution in [3.05, 3.63) is 16.1 Å². The highest BCUT2D eigenvalue weighted by atomic mass is 32.1. The molecule has 1 fully saturated rings. The lowest BCUT2D eigenvalue weighted by Gasteiger charge is -2.37. The lowest BCUT2D eigenvalue weighted by molar-refractivity contribution is -0.137. The van der Waals surface area contributed by atoms with Crippen LogP contribution in [0, 0.1) is 0 Å². The number of thiazole rings is 1.